The van der Waals surface area contributed by atoms with Crippen LogP contribution in [0.1, 0.15) is 11.1 Å². The second-order valence-electron chi connectivity index (χ2n) is 5.60. The van der Waals surface area contributed by atoms with E-state index in [2.05, 4.69) is 9.82 Å². The number of amidine groups is 1. The van der Waals surface area contributed by atoms with Crippen molar-refractivity contribution in [1.29, 1.82) is 0 Å². The van der Waals surface area contributed by atoms with Crippen LogP contribution in [0.5, 0.6) is 5.75 Å². The summed E-state index contributed by atoms with van der Waals surface area (Å²) in [5.41, 5.74) is 3.56. The molecule has 2 aliphatic rings. The van der Waals surface area contributed by atoms with Crippen molar-refractivity contribution in [3.8, 4) is 5.75 Å². The molecule has 2 heterocycles. The molecule has 4 rings (SSSR count). The minimum absolute atomic E-state index is 0.0331. The van der Waals surface area contributed by atoms with E-state index in [1.54, 1.807) is 36.4 Å². The number of hydrazine groups is 1. The maximum absolute atomic E-state index is 12.7. The van der Waals surface area contributed by atoms with E-state index in [0.29, 0.717) is 16.0 Å². The Kier molecular flexibility index (Phi) is 4.25. The van der Waals surface area contributed by atoms with E-state index in [-0.39, 0.29) is 20.8 Å². The molecule has 27 heavy (non-hydrogen) atoms. The number of aromatic hydroxyl groups is 1. The lowest BCUT2D eigenvalue weighted by molar-refractivity contribution is -0.123. The summed E-state index contributed by atoms with van der Waals surface area (Å²) in [4.78, 5) is 13.1. The number of rotatable bonds is 2. The molecule has 7 nitrogen and oxygen atoms in total. The van der Waals surface area contributed by atoms with Gasteiger partial charge < -0.3 is 5.11 Å². The number of sulfonamides is 1. The van der Waals surface area contributed by atoms with Crippen molar-refractivity contribution in [1.82, 2.24) is 10.4 Å². The van der Waals surface area contributed by atoms with Gasteiger partial charge in [-0.15, -0.1) is 4.40 Å². The van der Waals surface area contributed by atoms with Gasteiger partial charge in [0.05, 0.1) is 4.91 Å². The zero-order valence-corrected chi connectivity index (χ0v) is 15.9. The summed E-state index contributed by atoms with van der Waals surface area (Å²) in [6.07, 6.45) is 1.53. The molecule has 1 fully saturated rings. The maximum atomic E-state index is 12.7. The first-order chi connectivity index (χ1) is 12.9. The fraction of sp³-hybridized carbons (Fsp3) is 0. The topological polar surface area (TPSA) is 99.1 Å². The van der Waals surface area contributed by atoms with Crippen LogP contribution in [0.2, 0.25) is 0 Å². The van der Waals surface area contributed by atoms with Gasteiger partial charge in [0.1, 0.15) is 10.6 Å². The second kappa shape index (κ2) is 6.48. The van der Waals surface area contributed by atoms with E-state index < -0.39 is 15.9 Å². The lowest BCUT2D eigenvalue weighted by Crippen LogP contribution is -2.44. The SMILES string of the molecule is O=C1C(=Cc2ccccc2O)SC(=S)N1NC1=NS(=O)(=O)c2ccccc21. The highest BCUT2D eigenvalue weighted by molar-refractivity contribution is 8.26. The van der Waals surface area contributed by atoms with Gasteiger partial charge in [0.15, 0.2) is 10.2 Å². The zero-order chi connectivity index (χ0) is 19.2. The Labute approximate surface area is 164 Å². The zero-order valence-electron chi connectivity index (χ0n) is 13.5. The first-order valence-electron chi connectivity index (χ1n) is 7.64. The monoisotopic (exact) mass is 417 g/mol. The van der Waals surface area contributed by atoms with Crippen LogP contribution in [0.15, 0.2) is 62.7 Å². The first-order valence-corrected chi connectivity index (χ1v) is 10.3. The third-order valence-electron chi connectivity index (χ3n) is 3.87. The van der Waals surface area contributed by atoms with Gasteiger partial charge in [0.25, 0.3) is 15.9 Å². The van der Waals surface area contributed by atoms with Gasteiger partial charge in [-0.1, -0.05) is 42.1 Å². The molecular weight excluding hydrogens is 406 g/mol. The Bertz CT molecular complexity index is 1160. The number of phenols is 1. The molecular formula is C17H11N3O4S3. The van der Waals surface area contributed by atoms with Crippen LogP contribution in [0.3, 0.4) is 0 Å². The molecule has 2 N–H and O–H groups in total. The number of amides is 1. The molecule has 0 bridgehead atoms. The number of fused-ring (bicyclic) bond motifs is 1. The molecule has 0 unspecified atom stereocenters. The van der Waals surface area contributed by atoms with E-state index in [9.17, 15) is 18.3 Å². The van der Waals surface area contributed by atoms with E-state index in [0.717, 1.165) is 16.8 Å². The molecule has 2 aromatic rings. The molecule has 2 aliphatic heterocycles. The Morgan fingerprint density at radius 2 is 1.85 bits per heavy atom. The highest BCUT2D eigenvalue weighted by Crippen LogP contribution is 2.34. The van der Waals surface area contributed by atoms with Crippen molar-refractivity contribution in [2.45, 2.75) is 4.90 Å². The molecule has 0 saturated carbocycles. The van der Waals surface area contributed by atoms with Crippen molar-refractivity contribution in [3.63, 3.8) is 0 Å². The van der Waals surface area contributed by atoms with Gasteiger partial charge in [-0.2, -0.15) is 13.4 Å². The Balaban J connectivity index is 1.64. The first kappa shape index (κ1) is 17.7. The molecule has 136 valence electrons. The second-order valence-corrected chi connectivity index (χ2v) is 8.85. The summed E-state index contributed by atoms with van der Waals surface area (Å²) in [6, 6.07) is 12.9. The summed E-state index contributed by atoms with van der Waals surface area (Å²) in [7, 11) is -3.81. The number of hydrogen-bond donors (Lipinski definition) is 2. The third-order valence-corrected chi connectivity index (χ3v) is 6.50. The molecule has 0 aliphatic carbocycles. The fourth-order valence-corrected chi connectivity index (χ4v) is 4.95. The number of thiocarbonyl (C=S) groups is 1. The molecule has 0 aromatic heterocycles. The molecule has 1 saturated heterocycles. The summed E-state index contributed by atoms with van der Waals surface area (Å²) in [6.45, 7) is 0. The highest BCUT2D eigenvalue weighted by atomic mass is 32.2. The highest BCUT2D eigenvalue weighted by Gasteiger charge is 2.36. The number of benzene rings is 2. The number of nitrogens with zero attached hydrogens (tertiary/aromatic N) is 2. The molecule has 0 radical (unpaired) electrons. The van der Waals surface area contributed by atoms with Gasteiger partial charge in [-0.25, -0.2) is 0 Å². The van der Waals surface area contributed by atoms with Crippen molar-refractivity contribution >= 4 is 56.1 Å². The number of para-hydroxylation sites is 1. The number of carbonyl (C=O) groups is 1. The Hall–Kier alpha value is -2.69. The fourth-order valence-electron chi connectivity index (χ4n) is 2.61. The van der Waals surface area contributed by atoms with Crippen molar-refractivity contribution in [2.75, 3.05) is 0 Å². The van der Waals surface area contributed by atoms with Crippen molar-refractivity contribution in [2.24, 2.45) is 4.40 Å². The standard InChI is InChI=1S/C17H11N3O4S3/c21-12-7-3-1-5-10(12)9-13-16(22)20(17(25)26-13)18-15-11-6-2-4-8-14(11)27(23,24)19-15/h1-9,21H,(H,18,19). The van der Waals surface area contributed by atoms with Crippen molar-refractivity contribution in [3.05, 3.63) is 64.6 Å². The Morgan fingerprint density at radius 3 is 2.63 bits per heavy atom. The largest absolute Gasteiger partial charge is 0.507 e. The van der Waals surface area contributed by atoms with Crippen LogP contribution in [-0.4, -0.2) is 34.6 Å². The lowest BCUT2D eigenvalue weighted by atomic mass is 10.2. The van der Waals surface area contributed by atoms with Crippen LogP contribution in [0.4, 0.5) is 0 Å². The van der Waals surface area contributed by atoms with E-state index in [1.165, 1.54) is 18.2 Å². The average Bonchev–Trinajstić information content (AvgIpc) is 3.05. The van der Waals surface area contributed by atoms with Crippen molar-refractivity contribution < 1.29 is 18.3 Å². The minimum Gasteiger partial charge on any atom is -0.507 e. The summed E-state index contributed by atoms with van der Waals surface area (Å²) in [5.74, 6) is -0.389. The number of phenolic OH excluding ortho intramolecular Hbond substituents is 1. The van der Waals surface area contributed by atoms with Gasteiger partial charge >= 0.3 is 0 Å². The molecule has 1 amide bonds. The number of nitrogens with one attached hydrogen (secondary N) is 1. The summed E-state index contributed by atoms with van der Waals surface area (Å²) >= 11 is 6.27. The summed E-state index contributed by atoms with van der Waals surface area (Å²) in [5, 5.41) is 10.9. The van der Waals surface area contributed by atoms with Crippen LogP contribution in [-0.2, 0) is 14.8 Å². The van der Waals surface area contributed by atoms with E-state index in [4.69, 9.17) is 12.2 Å². The van der Waals surface area contributed by atoms with Crippen LogP contribution in [0.25, 0.3) is 6.08 Å². The number of hydrogen-bond acceptors (Lipinski definition) is 7. The van der Waals surface area contributed by atoms with Gasteiger partial charge in [-0.3, -0.25) is 10.2 Å². The van der Waals surface area contributed by atoms with Gasteiger partial charge in [-0.05, 0) is 36.5 Å². The quantitative estimate of drug-likeness (QED) is 0.571. The molecule has 0 spiro atoms. The predicted octanol–water partition coefficient (Wildman–Crippen LogP) is 2.25. The molecule has 0 atom stereocenters. The van der Waals surface area contributed by atoms with Crippen LogP contribution in [0, 0.1) is 0 Å². The van der Waals surface area contributed by atoms with Crippen LogP contribution >= 0.6 is 24.0 Å². The normalized spacial score (nSPS) is 19.3. The van der Waals surface area contributed by atoms with Gasteiger partial charge in [0, 0.05) is 11.1 Å². The third kappa shape index (κ3) is 3.11. The number of carbonyl (C=O) groups excluding carboxylic acids is 1. The summed E-state index contributed by atoms with van der Waals surface area (Å²) < 4.78 is 28.2. The smallest absolute Gasteiger partial charge is 0.285 e. The predicted molar refractivity (Wildman–Crippen MR) is 106 cm³/mol. The average molecular weight is 417 g/mol. The molecule has 10 heteroatoms. The van der Waals surface area contributed by atoms with E-state index >= 15 is 0 Å². The van der Waals surface area contributed by atoms with Crippen LogP contribution < -0.4 is 5.43 Å². The maximum Gasteiger partial charge on any atom is 0.285 e. The number of thioether (sulfide) groups is 1. The molecule has 2 aromatic carbocycles. The Morgan fingerprint density at radius 1 is 1.15 bits per heavy atom. The lowest BCUT2D eigenvalue weighted by Gasteiger charge is -2.16. The van der Waals surface area contributed by atoms with Gasteiger partial charge in [0.2, 0.25) is 0 Å². The van der Waals surface area contributed by atoms with E-state index in [1.807, 2.05) is 0 Å². The minimum atomic E-state index is -3.81.